The van der Waals surface area contributed by atoms with Gasteiger partial charge in [-0.3, -0.25) is 14.7 Å². The zero-order chi connectivity index (χ0) is 18.5. The molecule has 0 atom stereocenters. The minimum atomic E-state index is -0.341. The van der Waals surface area contributed by atoms with Gasteiger partial charge in [-0.25, -0.2) is 4.68 Å². The largest absolute Gasteiger partial charge is 0.347 e. The van der Waals surface area contributed by atoms with Gasteiger partial charge in [0.05, 0.1) is 11.9 Å². The van der Waals surface area contributed by atoms with E-state index in [0.717, 1.165) is 16.8 Å². The third kappa shape index (κ3) is 4.12. The summed E-state index contributed by atoms with van der Waals surface area (Å²) < 4.78 is 1.34. The van der Waals surface area contributed by atoms with Gasteiger partial charge in [0.15, 0.2) is 5.69 Å². The number of aromatic amines is 1. The van der Waals surface area contributed by atoms with E-state index in [1.165, 1.54) is 15.8 Å². The number of amides is 2. The standard InChI is InChI=1S/C17H19N7O2/c1-23(2)16(25)11-24-10-15(21-22-24)17(26)18-9-12-3-5-13(6-4-12)14-7-8-19-20-14/h3-8,10H,9,11H2,1-2H3,(H,18,26)(H,19,20). The predicted octanol–water partition coefficient (Wildman–Crippen LogP) is 0.686. The number of carbonyl (C=O) groups excluding carboxylic acids is 2. The van der Waals surface area contributed by atoms with Crippen LogP contribution in [0.2, 0.25) is 0 Å². The van der Waals surface area contributed by atoms with Gasteiger partial charge in [0, 0.05) is 26.8 Å². The van der Waals surface area contributed by atoms with Gasteiger partial charge in [0.1, 0.15) is 6.54 Å². The van der Waals surface area contributed by atoms with Crippen molar-refractivity contribution in [2.75, 3.05) is 14.1 Å². The number of likely N-dealkylation sites (N-methyl/N-ethyl adjacent to an activating group) is 1. The predicted molar refractivity (Wildman–Crippen MR) is 93.9 cm³/mol. The molecule has 3 rings (SSSR count). The third-order valence-electron chi connectivity index (χ3n) is 3.79. The van der Waals surface area contributed by atoms with Crippen LogP contribution in [0, 0.1) is 0 Å². The summed E-state index contributed by atoms with van der Waals surface area (Å²) in [4.78, 5) is 25.3. The van der Waals surface area contributed by atoms with Crippen molar-refractivity contribution >= 4 is 11.8 Å². The maximum Gasteiger partial charge on any atom is 0.273 e. The number of nitrogens with one attached hydrogen (secondary N) is 2. The van der Waals surface area contributed by atoms with Crippen LogP contribution in [-0.4, -0.2) is 56.0 Å². The van der Waals surface area contributed by atoms with E-state index in [4.69, 9.17) is 0 Å². The molecule has 0 bridgehead atoms. The molecule has 0 spiro atoms. The summed E-state index contributed by atoms with van der Waals surface area (Å²) >= 11 is 0. The van der Waals surface area contributed by atoms with Gasteiger partial charge >= 0.3 is 0 Å². The van der Waals surface area contributed by atoms with Crippen LogP contribution >= 0.6 is 0 Å². The van der Waals surface area contributed by atoms with E-state index in [1.54, 1.807) is 20.3 Å². The second kappa shape index (κ2) is 7.60. The molecule has 3 aromatic rings. The fourth-order valence-corrected chi connectivity index (χ4v) is 2.25. The number of benzene rings is 1. The van der Waals surface area contributed by atoms with Crippen LogP contribution in [0.4, 0.5) is 0 Å². The first-order valence-electron chi connectivity index (χ1n) is 8.00. The number of rotatable bonds is 6. The molecule has 2 amide bonds. The summed E-state index contributed by atoms with van der Waals surface area (Å²) in [5, 5.41) is 17.2. The molecular formula is C17H19N7O2. The Morgan fingerprint density at radius 2 is 1.96 bits per heavy atom. The molecular weight excluding hydrogens is 334 g/mol. The quantitative estimate of drug-likeness (QED) is 0.678. The Morgan fingerprint density at radius 3 is 2.62 bits per heavy atom. The summed E-state index contributed by atoms with van der Waals surface area (Å²) in [5.74, 6) is -0.467. The van der Waals surface area contributed by atoms with Gasteiger partial charge in [-0.1, -0.05) is 29.5 Å². The lowest BCUT2D eigenvalue weighted by Crippen LogP contribution is -2.26. The normalized spacial score (nSPS) is 10.5. The molecule has 26 heavy (non-hydrogen) atoms. The molecule has 9 heteroatoms. The monoisotopic (exact) mass is 353 g/mol. The highest BCUT2D eigenvalue weighted by molar-refractivity contribution is 5.91. The maximum atomic E-state index is 12.2. The van der Waals surface area contributed by atoms with Crippen LogP contribution in [-0.2, 0) is 17.9 Å². The Kier molecular flexibility index (Phi) is 5.07. The lowest BCUT2D eigenvalue weighted by Gasteiger charge is -2.08. The Labute approximate surface area is 150 Å². The number of hydrogen-bond acceptors (Lipinski definition) is 5. The minimum Gasteiger partial charge on any atom is -0.347 e. The summed E-state index contributed by atoms with van der Waals surface area (Å²) in [6, 6.07) is 9.67. The van der Waals surface area contributed by atoms with Crippen molar-refractivity contribution in [2.45, 2.75) is 13.1 Å². The lowest BCUT2D eigenvalue weighted by atomic mass is 10.1. The summed E-state index contributed by atoms with van der Waals surface area (Å²) in [7, 11) is 3.31. The first kappa shape index (κ1) is 17.3. The zero-order valence-electron chi connectivity index (χ0n) is 14.5. The minimum absolute atomic E-state index is 0.0440. The summed E-state index contributed by atoms with van der Waals surface area (Å²) in [5.41, 5.74) is 3.08. The van der Waals surface area contributed by atoms with Crippen molar-refractivity contribution in [1.29, 1.82) is 0 Å². The zero-order valence-corrected chi connectivity index (χ0v) is 14.5. The topological polar surface area (TPSA) is 109 Å². The second-order valence-electron chi connectivity index (χ2n) is 5.94. The molecule has 0 saturated heterocycles. The van der Waals surface area contributed by atoms with Gasteiger partial charge in [-0.15, -0.1) is 5.10 Å². The molecule has 0 radical (unpaired) electrons. The Hall–Kier alpha value is -3.49. The molecule has 0 aliphatic carbocycles. The molecule has 2 aromatic heterocycles. The lowest BCUT2D eigenvalue weighted by molar-refractivity contribution is -0.129. The van der Waals surface area contributed by atoms with E-state index < -0.39 is 0 Å². The molecule has 0 aliphatic heterocycles. The first-order chi connectivity index (χ1) is 12.5. The highest BCUT2D eigenvalue weighted by Crippen LogP contribution is 2.16. The molecule has 2 N–H and O–H groups in total. The molecule has 2 heterocycles. The van der Waals surface area contributed by atoms with Crippen LogP contribution in [0.3, 0.4) is 0 Å². The Bertz CT molecular complexity index is 882. The molecule has 0 saturated carbocycles. The summed E-state index contributed by atoms with van der Waals surface area (Å²) in [6.45, 7) is 0.411. The molecule has 0 aliphatic rings. The van der Waals surface area contributed by atoms with Crippen molar-refractivity contribution < 1.29 is 9.59 Å². The van der Waals surface area contributed by atoms with E-state index in [2.05, 4.69) is 25.8 Å². The van der Waals surface area contributed by atoms with Gasteiger partial charge in [-0.05, 0) is 17.2 Å². The van der Waals surface area contributed by atoms with E-state index in [9.17, 15) is 9.59 Å². The maximum absolute atomic E-state index is 12.2. The number of H-pyrrole nitrogens is 1. The van der Waals surface area contributed by atoms with Gasteiger partial charge in [0.2, 0.25) is 5.91 Å². The van der Waals surface area contributed by atoms with Crippen LogP contribution in [0.15, 0.2) is 42.7 Å². The van der Waals surface area contributed by atoms with Crippen molar-refractivity contribution in [1.82, 2.24) is 35.4 Å². The first-order valence-corrected chi connectivity index (χ1v) is 8.00. The summed E-state index contributed by atoms with van der Waals surface area (Å²) in [6.07, 6.45) is 3.15. The van der Waals surface area contributed by atoms with E-state index in [0.29, 0.717) is 6.54 Å². The van der Waals surface area contributed by atoms with Crippen molar-refractivity contribution in [3.63, 3.8) is 0 Å². The Balaban J connectivity index is 1.55. The van der Waals surface area contributed by atoms with E-state index >= 15 is 0 Å². The fourth-order valence-electron chi connectivity index (χ4n) is 2.25. The van der Waals surface area contributed by atoms with Crippen LogP contribution in [0.1, 0.15) is 16.1 Å². The second-order valence-corrected chi connectivity index (χ2v) is 5.94. The van der Waals surface area contributed by atoms with Gasteiger partial charge in [0.25, 0.3) is 5.91 Å². The number of nitrogens with zero attached hydrogens (tertiary/aromatic N) is 5. The SMILES string of the molecule is CN(C)C(=O)Cn1cc(C(=O)NCc2ccc(-c3ccn[nH]3)cc2)nn1. The highest BCUT2D eigenvalue weighted by atomic mass is 16.2. The Morgan fingerprint density at radius 1 is 1.19 bits per heavy atom. The van der Waals surface area contributed by atoms with E-state index in [-0.39, 0.29) is 24.1 Å². The number of aromatic nitrogens is 5. The van der Waals surface area contributed by atoms with Gasteiger partial charge in [-0.2, -0.15) is 5.10 Å². The smallest absolute Gasteiger partial charge is 0.273 e. The average Bonchev–Trinajstić information content (AvgIpc) is 3.32. The van der Waals surface area contributed by atoms with Crippen LogP contribution in [0.5, 0.6) is 0 Å². The molecule has 0 fully saturated rings. The average molecular weight is 353 g/mol. The van der Waals surface area contributed by atoms with Gasteiger partial charge < -0.3 is 10.2 Å². The van der Waals surface area contributed by atoms with E-state index in [1.807, 2.05) is 30.3 Å². The molecule has 0 unspecified atom stereocenters. The fraction of sp³-hybridized carbons (Fsp3) is 0.235. The van der Waals surface area contributed by atoms with Crippen LogP contribution in [0.25, 0.3) is 11.3 Å². The van der Waals surface area contributed by atoms with Crippen molar-refractivity contribution in [2.24, 2.45) is 0 Å². The molecule has 9 nitrogen and oxygen atoms in total. The van der Waals surface area contributed by atoms with Crippen molar-refractivity contribution in [3.05, 3.63) is 54.0 Å². The highest BCUT2D eigenvalue weighted by Gasteiger charge is 2.13. The number of hydrogen-bond donors (Lipinski definition) is 2. The van der Waals surface area contributed by atoms with Crippen molar-refractivity contribution in [3.8, 4) is 11.3 Å². The van der Waals surface area contributed by atoms with Crippen LogP contribution < -0.4 is 5.32 Å². The number of carbonyl (C=O) groups is 2. The molecule has 134 valence electrons. The third-order valence-corrected chi connectivity index (χ3v) is 3.79. The molecule has 1 aromatic carbocycles.